The van der Waals surface area contributed by atoms with Gasteiger partial charge in [-0.15, -0.1) is 0 Å². The predicted molar refractivity (Wildman–Crippen MR) is 82.8 cm³/mol. The minimum atomic E-state index is -2.20. The fraction of sp³-hybridized carbons (Fsp3) is 0.625. The van der Waals surface area contributed by atoms with Crippen LogP contribution in [0.3, 0.4) is 0 Å². The van der Waals surface area contributed by atoms with E-state index in [0.717, 1.165) is 13.0 Å². The molecule has 0 radical (unpaired) electrons. The molecule has 0 N–H and O–H groups in total. The average Bonchev–Trinajstić information content (AvgIpc) is 2.52. The molecule has 0 aliphatic carbocycles. The van der Waals surface area contributed by atoms with Crippen molar-refractivity contribution in [3.8, 4) is 0 Å². The normalized spacial score (nSPS) is 13.5. The Hall–Kier alpha value is -2.38. The van der Waals surface area contributed by atoms with Crippen molar-refractivity contribution in [3.63, 3.8) is 0 Å². The lowest BCUT2D eigenvalue weighted by Gasteiger charge is -2.29. The molecule has 0 saturated heterocycles. The molecule has 0 bridgehead atoms. The second-order valence-electron chi connectivity index (χ2n) is 4.66. The first kappa shape index (κ1) is 21.6. The molecule has 1 atom stereocenters. The second-order valence-corrected chi connectivity index (χ2v) is 4.66. The van der Waals surface area contributed by atoms with Crippen molar-refractivity contribution >= 4 is 23.7 Å². The third-order valence-electron chi connectivity index (χ3n) is 2.95. The SMILES string of the molecule is CCOC(=O)/C=C(\CC(OC(C)=O)(C(=O)CC)C(=O)OCC)OC. The van der Waals surface area contributed by atoms with E-state index < -0.39 is 35.7 Å². The van der Waals surface area contributed by atoms with Crippen LogP contribution >= 0.6 is 0 Å². The van der Waals surface area contributed by atoms with Gasteiger partial charge in [-0.3, -0.25) is 9.59 Å². The van der Waals surface area contributed by atoms with Gasteiger partial charge < -0.3 is 18.9 Å². The van der Waals surface area contributed by atoms with E-state index in [1.54, 1.807) is 13.8 Å². The van der Waals surface area contributed by atoms with E-state index in [4.69, 9.17) is 18.9 Å². The van der Waals surface area contributed by atoms with E-state index in [2.05, 4.69) is 0 Å². The van der Waals surface area contributed by atoms with Crippen LogP contribution in [0.15, 0.2) is 11.8 Å². The number of carbonyl (C=O) groups excluding carboxylic acids is 4. The summed E-state index contributed by atoms with van der Waals surface area (Å²) in [5, 5.41) is 0. The zero-order valence-corrected chi connectivity index (χ0v) is 14.7. The Morgan fingerprint density at radius 1 is 1.00 bits per heavy atom. The van der Waals surface area contributed by atoms with Gasteiger partial charge in [0.25, 0.3) is 5.60 Å². The van der Waals surface area contributed by atoms with Crippen molar-refractivity contribution in [1.82, 2.24) is 0 Å². The molecule has 0 aromatic carbocycles. The Kier molecular flexibility index (Phi) is 9.37. The van der Waals surface area contributed by atoms with Gasteiger partial charge in [-0.2, -0.15) is 0 Å². The second kappa shape index (κ2) is 10.4. The fourth-order valence-electron chi connectivity index (χ4n) is 1.94. The summed E-state index contributed by atoms with van der Waals surface area (Å²) < 4.78 is 19.7. The van der Waals surface area contributed by atoms with E-state index >= 15 is 0 Å². The van der Waals surface area contributed by atoms with Gasteiger partial charge in [-0.25, -0.2) is 9.59 Å². The summed E-state index contributed by atoms with van der Waals surface area (Å²) in [7, 11) is 1.26. The van der Waals surface area contributed by atoms with Gasteiger partial charge >= 0.3 is 17.9 Å². The van der Waals surface area contributed by atoms with Gasteiger partial charge in [-0.1, -0.05) is 6.92 Å². The lowest BCUT2D eigenvalue weighted by atomic mass is 9.91. The Morgan fingerprint density at radius 3 is 2.00 bits per heavy atom. The number of esters is 3. The van der Waals surface area contributed by atoms with Crippen molar-refractivity contribution in [1.29, 1.82) is 0 Å². The van der Waals surface area contributed by atoms with Crippen molar-refractivity contribution in [2.45, 2.75) is 46.1 Å². The monoisotopic (exact) mass is 344 g/mol. The standard InChI is InChI=1S/C16H24O8/c1-6-13(18)16(24-11(4)17,15(20)23-8-3)10-12(21-5)9-14(19)22-7-2/h9H,6-8,10H2,1-5H3/b12-9+. The molecule has 8 heteroatoms. The number of carbonyl (C=O) groups is 4. The Balaban J connectivity index is 5.88. The van der Waals surface area contributed by atoms with Crippen LogP contribution in [0.1, 0.15) is 40.5 Å². The lowest BCUT2D eigenvalue weighted by Crippen LogP contribution is -2.51. The van der Waals surface area contributed by atoms with Gasteiger partial charge in [-0.05, 0) is 13.8 Å². The van der Waals surface area contributed by atoms with Gasteiger partial charge in [0.1, 0.15) is 5.76 Å². The Bertz CT molecular complexity index is 508. The molecule has 0 aromatic heterocycles. The maximum Gasteiger partial charge on any atom is 0.359 e. The molecule has 0 amide bonds. The first-order valence-corrected chi connectivity index (χ1v) is 7.58. The van der Waals surface area contributed by atoms with Crippen molar-refractivity contribution in [2.75, 3.05) is 20.3 Å². The molecule has 0 aliphatic heterocycles. The number of hydrogen-bond donors (Lipinski definition) is 0. The van der Waals surface area contributed by atoms with Crippen LogP contribution in [0, 0.1) is 0 Å². The predicted octanol–water partition coefficient (Wildman–Crippen LogP) is 1.31. The molecular weight excluding hydrogens is 320 g/mol. The highest BCUT2D eigenvalue weighted by atomic mass is 16.6. The fourth-order valence-corrected chi connectivity index (χ4v) is 1.94. The third kappa shape index (κ3) is 6.02. The maximum atomic E-state index is 12.4. The highest BCUT2D eigenvalue weighted by molar-refractivity contribution is 6.08. The van der Waals surface area contributed by atoms with E-state index in [1.165, 1.54) is 14.0 Å². The highest BCUT2D eigenvalue weighted by Crippen LogP contribution is 2.27. The van der Waals surface area contributed by atoms with Gasteiger partial charge in [0.15, 0.2) is 5.78 Å². The van der Waals surface area contributed by atoms with Gasteiger partial charge in [0.2, 0.25) is 0 Å². The summed E-state index contributed by atoms with van der Waals surface area (Å²) in [6.45, 7) is 5.90. The van der Waals surface area contributed by atoms with E-state index in [9.17, 15) is 19.2 Å². The van der Waals surface area contributed by atoms with Crippen molar-refractivity contribution in [2.24, 2.45) is 0 Å². The first-order chi connectivity index (χ1) is 11.3. The van der Waals surface area contributed by atoms with Crippen LogP contribution in [0.2, 0.25) is 0 Å². The topological polar surface area (TPSA) is 105 Å². The quantitative estimate of drug-likeness (QED) is 0.192. The summed E-state index contributed by atoms with van der Waals surface area (Å²) in [4.78, 5) is 47.7. The minimum Gasteiger partial charge on any atom is -0.501 e. The van der Waals surface area contributed by atoms with Crippen molar-refractivity contribution in [3.05, 3.63) is 11.8 Å². The molecule has 0 spiro atoms. The van der Waals surface area contributed by atoms with Crippen molar-refractivity contribution < 1.29 is 38.1 Å². The molecule has 0 aromatic rings. The molecule has 1 unspecified atom stereocenters. The third-order valence-corrected chi connectivity index (χ3v) is 2.95. The molecule has 8 nitrogen and oxygen atoms in total. The number of Topliss-reactive ketones (excluding diaryl/α,β-unsaturated/α-hetero) is 1. The van der Waals surface area contributed by atoms with Crippen LogP contribution in [0.5, 0.6) is 0 Å². The van der Waals surface area contributed by atoms with E-state index in [1.807, 2.05) is 0 Å². The summed E-state index contributed by atoms with van der Waals surface area (Å²) >= 11 is 0. The van der Waals surface area contributed by atoms with E-state index in [0.29, 0.717) is 0 Å². The number of ketones is 1. The smallest absolute Gasteiger partial charge is 0.359 e. The number of rotatable bonds is 10. The minimum absolute atomic E-state index is 0.0112. The Labute approximate surface area is 141 Å². The van der Waals surface area contributed by atoms with Crippen LogP contribution in [-0.2, 0) is 38.1 Å². The number of methoxy groups -OCH3 is 1. The van der Waals surface area contributed by atoms with Crippen LogP contribution in [0.25, 0.3) is 0 Å². The molecule has 24 heavy (non-hydrogen) atoms. The summed E-state index contributed by atoms with van der Waals surface area (Å²) in [6.07, 6.45) is 0.444. The summed E-state index contributed by atoms with van der Waals surface area (Å²) in [5.41, 5.74) is -2.20. The molecule has 0 heterocycles. The molecule has 0 rings (SSSR count). The molecule has 0 aliphatic rings. The highest BCUT2D eigenvalue weighted by Gasteiger charge is 2.50. The van der Waals surface area contributed by atoms with Crippen LogP contribution in [0.4, 0.5) is 0 Å². The van der Waals surface area contributed by atoms with Gasteiger partial charge in [0.05, 0.1) is 32.8 Å². The summed E-state index contributed by atoms with van der Waals surface area (Å²) in [6, 6.07) is 0. The van der Waals surface area contributed by atoms with Crippen LogP contribution < -0.4 is 0 Å². The molecule has 0 fully saturated rings. The number of hydrogen-bond acceptors (Lipinski definition) is 8. The molecule has 0 saturated carbocycles. The first-order valence-electron chi connectivity index (χ1n) is 7.58. The molecular formula is C16H24O8. The lowest BCUT2D eigenvalue weighted by molar-refractivity contribution is -0.185. The average molecular weight is 344 g/mol. The van der Waals surface area contributed by atoms with Crippen LogP contribution in [-0.4, -0.2) is 49.6 Å². The van der Waals surface area contributed by atoms with E-state index in [-0.39, 0.29) is 25.4 Å². The Morgan fingerprint density at radius 2 is 1.58 bits per heavy atom. The molecule has 136 valence electrons. The summed E-state index contributed by atoms with van der Waals surface area (Å²) in [5.74, 6) is -3.28. The zero-order chi connectivity index (χ0) is 18.8. The largest absolute Gasteiger partial charge is 0.501 e. The number of ether oxygens (including phenoxy) is 4. The zero-order valence-electron chi connectivity index (χ0n) is 14.7. The maximum absolute atomic E-state index is 12.4. The van der Waals surface area contributed by atoms with Gasteiger partial charge in [0, 0.05) is 13.3 Å².